The topological polar surface area (TPSA) is 100 Å². The molecule has 122 valence electrons. The number of carbonyl (C=O) groups is 1. The van der Waals surface area contributed by atoms with E-state index in [0.29, 0.717) is 5.56 Å². The number of nitriles is 1. The number of hydrogen-bond donors (Lipinski definition) is 1. The molecule has 0 fully saturated rings. The third-order valence-corrected chi connectivity index (χ3v) is 5.88. The van der Waals surface area contributed by atoms with Crippen molar-refractivity contribution in [3.05, 3.63) is 47.8 Å². The second-order valence-corrected chi connectivity index (χ2v) is 6.96. The molecule has 24 heavy (non-hydrogen) atoms. The minimum absolute atomic E-state index is 0.0928. The fourth-order valence-electron chi connectivity index (χ4n) is 2.55. The van der Waals surface area contributed by atoms with Crippen LogP contribution in [-0.4, -0.2) is 37.5 Å². The number of aromatic nitrogens is 2. The molecule has 1 aromatic heterocycles. The molecule has 0 bridgehead atoms. The minimum Gasteiger partial charge on any atom is -0.369 e. The summed E-state index contributed by atoms with van der Waals surface area (Å²) in [6.45, 7) is 1.87. The van der Waals surface area contributed by atoms with Crippen LogP contribution < -0.4 is 5.73 Å². The Kier molecular flexibility index (Phi) is 4.04. The summed E-state index contributed by atoms with van der Waals surface area (Å²) in [5.74, 6) is 0.0967. The van der Waals surface area contributed by atoms with Crippen LogP contribution in [0.3, 0.4) is 0 Å². The normalized spacial score (nSPS) is 23.8. The van der Waals surface area contributed by atoms with Gasteiger partial charge in [0, 0.05) is 18.8 Å². The van der Waals surface area contributed by atoms with E-state index in [2.05, 4.69) is 38.8 Å². The summed E-state index contributed by atoms with van der Waals surface area (Å²) in [6, 6.07) is 9.25. The number of halogens is 1. The summed E-state index contributed by atoms with van der Waals surface area (Å²) in [6.07, 6.45) is 3.50. The van der Waals surface area contributed by atoms with Crippen LogP contribution in [-0.2, 0) is 10.3 Å². The van der Waals surface area contributed by atoms with E-state index >= 15 is 0 Å². The zero-order chi connectivity index (χ0) is 17.5. The third-order valence-electron chi connectivity index (χ3n) is 4.14. The molecule has 0 spiro atoms. The molecular formula is C16H15IN6O. The highest BCUT2D eigenvalue weighted by atomic mass is 127. The van der Waals surface area contributed by atoms with Crippen molar-refractivity contribution < 1.29 is 4.79 Å². The molecule has 8 heteroatoms. The van der Waals surface area contributed by atoms with E-state index in [1.165, 1.54) is 4.90 Å². The van der Waals surface area contributed by atoms with Crippen LogP contribution in [0, 0.1) is 11.3 Å². The van der Waals surface area contributed by atoms with Crippen LogP contribution in [0.5, 0.6) is 0 Å². The predicted molar refractivity (Wildman–Crippen MR) is 97.8 cm³/mol. The van der Waals surface area contributed by atoms with E-state index in [0.717, 1.165) is 11.3 Å². The lowest BCUT2D eigenvalue weighted by Crippen LogP contribution is -2.54. The number of aliphatic imine (C=N–C) groups is 1. The zero-order valence-corrected chi connectivity index (χ0v) is 15.3. The smallest absolute Gasteiger partial charge is 0.244 e. The second kappa shape index (κ2) is 5.90. The maximum absolute atomic E-state index is 12.4. The van der Waals surface area contributed by atoms with Crippen LogP contribution in [0.2, 0.25) is 0 Å². The molecule has 0 radical (unpaired) electrons. The first-order valence-corrected chi connectivity index (χ1v) is 8.44. The number of nitrogens with two attached hydrogens (primary N) is 1. The lowest BCUT2D eigenvalue weighted by atomic mass is 9.90. The number of guanidine groups is 1. The molecule has 3 rings (SSSR count). The number of rotatable bonds is 2. The second-order valence-electron chi connectivity index (χ2n) is 5.71. The highest BCUT2D eigenvalue weighted by Gasteiger charge is 2.45. The standard InChI is InChI=1S/C16H15IN6O/c1-16(13(17)14(24)22(2)15(19)21-16)11-8-20-23(9-11)12-5-3-4-10(6-12)7-18/h3-6,8-9,13H,1-2H3,(H2,19,21)/t13?,16-/m1/s1. The summed E-state index contributed by atoms with van der Waals surface area (Å²) in [4.78, 5) is 18.3. The number of alkyl halides is 1. The first kappa shape index (κ1) is 16.4. The molecule has 2 N–H and O–H groups in total. The summed E-state index contributed by atoms with van der Waals surface area (Å²) < 4.78 is 1.27. The van der Waals surface area contributed by atoms with Gasteiger partial charge in [-0.3, -0.25) is 9.69 Å². The number of benzene rings is 1. The van der Waals surface area contributed by atoms with E-state index < -0.39 is 9.46 Å². The van der Waals surface area contributed by atoms with Crippen molar-refractivity contribution in [2.24, 2.45) is 10.7 Å². The van der Waals surface area contributed by atoms with Gasteiger partial charge in [0.05, 0.1) is 23.5 Å². The fourth-order valence-corrected chi connectivity index (χ4v) is 3.46. The minimum atomic E-state index is -0.792. The summed E-state index contributed by atoms with van der Waals surface area (Å²) >= 11 is 2.09. The van der Waals surface area contributed by atoms with Gasteiger partial charge in [0.2, 0.25) is 5.91 Å². The Labute approximate surface area is 152 Å². The quantitative estimate of drug-likeness (QED) is 0.573. The lowest BCUT2D eigenvalue weighted by molar-refractivity contribution is -0.127. The van der Waals surface area contributed by atoms with Crippen molar-refractivity contribution in [2.75, 3.05) is 7.05 Å². The Bertz CT molecular complexity index is 883. The molecule has 0 saturated heterocycles. The van der Waals surface area contributed by atoms with Gasteiger partial charge in [0.15, 0.2) is 5.96 Å². The molecule has 1 aliphatic heterocycles. The van der Waals surface area contributed by atoms with Crippen molar-refractivity contribution in [2.45, 2.75) is 16.4 Å². The molecule has 0 saturated carbocycles. The molecule has 2 aromatic rings. The van der Waals surface area contributed by atoms with Crippen LogP contribution in [0.4, 0.5) is 0 Å². The summed E-state index contributed by atoms with van der Waals surface area (Å²) in [5.41, 5.74) is 7.21. The van der Waals surface area contributed by atoms with Crippen LogP contribution in [0.25, 0.3) is 5.69 Å². The molecular weight excluding hydrogens is 419 g/mol. The maximum Gasteiger partial charge on any atom is 0.244 e. The lowest BCUT2D eigenvalue weighted by Gasteiger charge is -2.36. The van der Waals surface area contributed by atoms with Gasteiger partial charge in [0.25, 0.3) is 0 Å². The highest BCUT2D eigenvalue weighted by Crippen LogP contribution is 2.37. The molecule has 1 amide bonds. The Morgan fingerprint density at radius 2 is 2.21 bits per heavy atom. The van der Waals surface area contributed by atoms with Gasteiger partial charge in [-0.1, -0.05) is 28.7 Å². The summed E-state index contributed by atoms with van der Waals surface area (Å²) in [5, 5.41) is 13.4. The average Bonchev–Trinajstić information content (AvgIpc) is 3.09. The molecule has 2 atom stereocenters. The van der Waals surface area contributed by atoms with Gasteiger partial charge < -0.3 is 5.73 Å². The van der Waals surface area contributed by atoms with Crippen molar-refractivity contribution in [3.63, 3.8) is 0 Å². The van der Waals surface area contributed by atoms with Gasteiger partial charge in [-0.2, -0.15) is 10.4 Å². The molecule has 1 unspecified atom stereocenters. The van der Waals surface area contributed by atoms with Gasteiger partial charge in [-0.05, 0) is 25.1 Å². The highest BCUT2D eigenvalue weighted by molar-refractivity contribution is 14.1. The molecule has 7 nitrogen and oxygen atoms in total. The Morgan fingerprint density at radius 3 is 2.92 bits per heavy atom. The number of amides is 1. The SMILES string of the molecule is CN1C(=O)C(I)[C@@](C)(c2cnn(-c3cccc(C#N)c3)c2)N=C1N. The largest absolute Gasteiger partial charge is 0.369 e. The van der Waals surface area contributed by atoms with E-state index in [1.807, 2.05) is 19.2 Å². The Balaban J connectivity index is 2.04. The predicted octanol–water partition coefficient (Wildman–Crippen LogP) is 1.55. The van der Waals surface area contributed by atoms with Crippen molar-refractivity contribution >= 4 is 34.5 Å². The van der Waals surface area contributed by atoms with Gasteiger partial charge in [-0.25, -0.2) is 9.67 Å². The van der Waals surface area contributed by atoms with Crippen LogP contribution in [0.1, 0.15) is 18.1 Å². The number of nitrogens with zero attached hydrogens (tertiary/aromatic N) is 5. The van der Waals surface area contributed by atoms with Gasteiger partial charge >= 0.3 is 0 Å². The van der Waals surface area contributed by atoms with E-state index in [9.17, 15) is 4.79 Å². The average molecular weight is 434 g/mol. The first-order chi connectivity index (χ1) is 11.4. The molecule has 2 heterocycles. The van der Waals surface area contributed by atoms with Gasteiger partial charge in [-0.15, -0.1) is 0 Å². The Morgan fingerprint density at radius 1 is 1.46 bits per heavy atom. The third kappa shape index (κ3) is 2.54. The number of carbonyl (C=O) groups excluding carboxylic acids is 1. The number of hydrogen-bond acceptors (Lipinski definition) is 5. The fraction of sp³-hybridized carbons (Fsp3) is 0.250. The molecule has 1 aromatic carbocycles. The van der Waals surface area contributed by atoms with Crippen molar-refractivity contribution in [1.29, 1.82) is 5.26 Å². The monoisotopic (exact) mass is 434 g/mol. The van der Waals surface area contributed by atoms with Crippen LogP contribution in [0.15, 0.2) is 41.7 Å². The van der Waals surface area contributed by atoms with E-state index in [-0.39, 0.29) is 11.9 Å². The Hall–Kier alpha value is -2.41. The first-order valence-electron chi connectivity index (χ1n) is 7.19. The zero-order valence-electron chi connectivity index (χ0n) is 13.1. The molecule has 1 aliphatic rings. The van der Waals surface area contributed by atoms with Crippen LogP contribution >= 0.6 is 22.6 Å². The van der Waals surface area contributed by atoms with E-state index in [4.69, 9.17) is 11.0 Å². The van der Waals surface area contributed by atoms with Crippen molar-refractivity contribution in [1.82, 2.24) is 14.7 Å². The van der Waals surface area contributed by atoms with Gasteiger partial charge in [0.1, 0.15) is 9.46 Å². The summed E-state index contributed by atoms with van der Waals surface area (Å²) in [7, 11) is 1.61. The van der Waals surface area contributed by atoms with Crippen molar-refractivity contribution in [3.8, 4) is 11.8 Å². The maximum atomic E-state index is 12.4. The van der Waals surface area contributed by atoms with E-state index in [1.54, 1.807) is 36.1 Å². The molecule has 0 aliphatic carbocycles.